The van der Waals surface area contributed by atoms with Crippen molar-refractivity contribution in [2.45, 2.75) is 26.1 Å². The molecule has 5 nitrogen and oxygen atoms in total. The molecule has 0 aromatic carbocycles. The quantitative estimate of drug-likeness (QED) is 0.826. The third-order valence-corrected chi connectivity index (χ3v) is 3.62. The first-order valence-corrected chi connectivity index (χ1v) is 6.74. The Labute approximate surface area is 114 Å². The van der Waals surface area contributed by atoms with Crippen LogP contribution in [0.2, 0.25) is 0 Å². The van der Waals surface area contributed by atoms with Crippen LogP contribution in [0.25, 0.3) is 0 Å². The van der Waals surface area contributed by atoms with E-state index in [1.54, 1.807) is 7.11 Å². The zero-order chi connectivity index (χ0) is 13.8. The summed E-state index contributed by atoms with van der Waals surface area (Å²) in [4.78, 5) is 14.8. The zero-order valence-electron chi connectivity index (χ0n) is 12.0. The van der Waals surface area contributed by atoms with Crippen molar-refractivity contribution in [2.24, 2.45) is 0 Å². The van der Waals surface area contributed by atoms with Gasteiger partial charge >= 0.3 is 0 Å². The standard InChI is InChI=1S/C14H23N3O2/c1-15-9-11-8-12-10-16(2)5-4-13(12)17(14(11)18)6-7-19-3/h8,15H,4-7,9-10H2,1-3H3. The number of fused-ring (bicyclic) bond motifs is 1. The monoisotopic (exact) mass is 265 g/mol. The van der Waals surface area contributed by atoms with Crippen molar-refractivity contribution in [1.82, 2.24) is 14.8 Å². The number of hydrogen-bond donors (Lipinski definition) is 1. The molecule has 0 amide bonds. The number of nitrogens with zero attached hydrogens (tertiary/aromatic N) is 2. The molecule has 5 heteroatoms. The summed E-state index contributed by atoms with van der Waals surface area (Å²) < 4.78 is 7.03. The Bertz CT molecular complexity index is 496. The van der Waals surface area contributed by atoms with Crippen LogP contribution in [0.4, 0.5) is 0 Å². The molecular formula is C14H23N3O2. The highest BCUT2D eigenvalue weighted by Crippen LogP contribution is 2.17. The predicted octanol–water partition coefficient (Wildman–Crippen LogP) is 0.202. The maximum atomic E-state index is 12.5. The van der Waals surface area contributed by atoms with Gasteiger partial charge in [-0.3, -0.25) is 4.79 Å². The lowest BCUT2D eigenvalue weighted by Crippen LogP contribution is -2.36. The van der Waals surface area contributed by atoms with Gasteiger partial charge in [-0.1, -0.05) is 0 Å². The topological polar surface area (TPSA) is 46.5 Å². The van der Waals surface area contributed by atoms with Crippen LogP contribution >= 0.6 is 0 Å². The number of likely N-dealkylation sites (N-methyl/N-ethyl adjacent to an activating group) is 1. The maximum absolute atomic E-state index is 12.5. The summed E-state index contributed by atoms with van der Waals surface area (Å²) >= 11 is 0. The van der Waals surface area contributed by atoms with Crippen LogP contribution in [0.3, 0.4) is 0 Å². The molecule has 1 aliphatic rings. The van der Waals surface area contributed by atoms with Crippen molar-refractivity contribution in [3.8, 4) is 0 Å². The van der Waals surface area contributed by atoms with Gasteiger partial charge in [-0.15, -0.1) is 0 Å². The first-order valence-electron chi connectivity index (χ1n) is 6.74. The summed E-state index contributed by atoms with van der Waals surface area (Å²) in [5.74, 6) is 0. The normalized spacial score (nSPS) is 15.5. The third-order valence-electron chi connectivity index (χ3n) is 3.62. The molecule has 2 rings (SSSR count). The van der Waals surface area contributed by atoms with Gasteiger partial charge < -0.3 is 19.5 Å². The third kappa shape index (κ3) is 3.05. The SMILES string of the molecule is CNCc1cc2c(n(CCOC)c1=O)CCN(C)C2. The molecule has 0 radical (unpaired) electrons. The molecule has 1 aromatic heterocycles. The summed E-state index contributed by atoms with van der Waals surface area (Å²) in [5, 5.41) is 3.07. The molecule has 0 saturated heterocycles. The van der Waals surface area contributed by atoms with E-state index in [1.807, 2.05) is 11.6 Å². The van der Waals surface area contributed by atoms with Crippen LogP contribution in [0.5, 0.6) is 0 Å². The van der Waals surface area contributed by atoms with E-state index < -0.39 is 0 Å². The van der Waals surface area contributed by atoms with E-state index in [0.29, 0.717) is 19.7 Å². The zero-order valence-corrected chi connectivity index (χ0v) is 12.0. The van der Waals surface area contributed by atoms with E-state index >= 15 is 0 Å². The molecule has 0 saturated carbocycles. The lowest BCUT2D eigenvalue weighted by molar-refractivity contribution is 0.183. The maximum Gasteiger partial charge on any atom is 0.255 e. The highest BCUT2D eigenvalue weighted by Gasteiger charge is 2.19. The van der Waals surface area contributed by atoms with Crippen molar-refractivity contribution in [1.29, 1.82) is 0 Å². The van der Waals surface area contributed by atoms with E-state index in [9.17, 15) is 4.79 Å². The minimum Gasteiger partial charge on any atom is -0.383 e. The molecule has 0 aliphatic carbocycles. The lowest BCUT2D eigenvalue weighted by atomic mass is 10.0. The summed E-state index contributed by atoms with van der Waals surface area (Å²) in [6.45, 7) is 3.75. The molecule has 0 unspecified atom stereocenters. The van der Waals surface area contributed by atoms with Gasteiger partial charge in [0.05, 0.1) is 6.61 Å². The number of pyridine rings is 1. The van der Waals surface area contributed by atoms with Crippen LogP contribution in [0, 0.1) is 0 Å². The van der Waals surface area contributed by atoms with Crippen LogP contribution in [0.1, 0.15) is 16.8 Å². The molecule has 19 heavy (non-hydrogen) atoms. The van der Waals surface area contributed by atoms with E-state index in [4.69, 9.17) is 4.74 Å². The highest BCUT2D eigenvalue weighted by atomic mass is 16.5. The van der Waals surface area contributed by atoms with Gasteiger partial charge in [0.25, 0.3) is 5.56 Å². The first-order chi connectivity index (χ1) is 9.17. The second kappa shape index (κ2) is 6.32. The van der Waals surface area contributed by atoms with Gasteiger partial charge in [-0.2, -0.15) is 0 Å². The Kier molecular flexibility index (Phi) is 4.74. The smallest absolute Gasteiger partial charge is 0.255 e. The van der Waals surface area contributed by atoms with Gasteiger partial charge in [0.1, 0.15) is 0 Å². The molecule has 0 fully saturated rings. The summed E-state index contributed by atoms with van der Waals surface area (Å²) in [7, 11) is 5.65. The summed E-state index contributed by atoms with van der Waals surface area (Å²) in [5.41, 5.74) is 3.41. The van der Waals surface area contributed by atoms with Crippen molar-refractivity contribution >= 4 is 0 Å². The minimum absolute atomic E-state index is 0.120. The summed E-state index contributed by atoms with van der Waals surface area (Å²) in [6, 6.07) is 2.06. The van der Waals surface area contributed by atoms with Gasteiger partial charge in [-0.25, -0.2) is 0 Å². The number of methoxy groups -OCH3 is 1. The number of ether oxygens (including phenoxy) is 1. The Morgan fingerprint density at radius 1 is 1.47 bits per heavy atom. The Morgan fingerprint density at radius 2 is 2.26 bits per heavy atom. The fourth-order valence-corrected chi connectivity index (χ4v) is 2.66. The van der Waals surface area contributed by atoms with Crippen molar-refractivity contribution in [2.75, 3.05) is 34.4 Å². The molecule has 1 N–H and O–H groups in total. The average Bonchev–Trinajstić information content (AvgIpc) is 2.39. The molecule has 2 heterocycles. The molecule has 106 valence electrons. The Balaban J connectivity index is 2.45. The predicted molar refractivity (Wildman–Crippen MR) is 75.4 cm³/mol. The van der Waals surface area contributed by atoms with Gasteiger partial charge in [0, 0.05) is 51.0 Å². The minimum atomic E-state index is 0.120. The van der Waals surface area contributed by atoms with Gasteiger partial charge in [0.15, 0.2) is 0 Å². The van der Waals surface area contributed by atoms with Crippen molar-refractivity contribution in [3.05, 3.63) is 33.2 Å². The largest absolute Gasteiger partial charge is 0.383 e. The molecule has 0 atom stereocenters. The Morgan fingerprint density at radius 3 is 2.95 bits per heavy atom. The van der Waals surface area contributed by atoms with E-state index in [1.165, 1.54) is 11.3 Å². The average molecular weight is 265 g/mol. The molecule has 1 aliphatic heterocycles. The number of rotatable bonds is 5. The van der Waals surface area contributed by atoms with E-state index in [2.05, 4.69) is 23.3 Å². The fourth-order valence-electron chi connectivity index (χ4n) is 2.66. The highest BCUT2D eigenvalue weighted by molar-refractivity contribution is 5.29. The molecule has 0 spiro atoms. The molecular weight excluding hydrogens is 242 g/mol. The van der Waals surface area contributed by atoms with E-state index in [-0.39, 0.29) is 5.56 Å². The Hall–Kier alpha value is -1.17. The second-order valence-corrected chi connectivity index (χ2v) is 5.11. The van der Waals surface area contributed by atoms with Crippen LogP contribution in [0.15, 0.2) is 10.9 Å². The molecule has 0 bridgehead atoms. The number of nitrogens with one attached hydrogen (secondary N) is 1. The van der Waals surface area contributed by atoms with E-state index in [0.717, 1.165) is 25.1 Å². The van der Waals surface area contributed by atoms with Gasteiger partial charge in [0.2, 0.25) is 0 Å². The second-order valence-electron chi connectivity index (χ2n) is 5.11. The fraction of sp³-hybridized carbons (Fsp3) is 0.643. The number of aromatic nitrogens is 1. The first kappa shape index (κ1) is 14.2. The summed E-state index contributed by atoms with van der Waals surface area (Å²) in [6.07, 6.45) is 0.935. The molecule has 1 aromatic rings. The lowest BCUT2D eigenvalue weighted by Gasteiger charge is -2.28. The van der Waals surface area contributed by atoms with Crippen LogP contribution in [-0.2, 0) is 30.8 Å². The van der Waals surface area contributed by atoms with Crippen molar-refractivity contribution in [3.63, 3.8) is 0 Å². The number of hydrogen-bond acceptors (Lipinski definition) is 4. The van der Waals surface area contributed by atoms with Crippen LogP contribution < -0.4 is 10.9 Å². The van der Waals surface area contributed by atoms with Crippen molar-refractivity contribution < 1.29 is 4.74 Å². The van der Waals surface area contributed by atoms with Gasteiger partial charge in [-0.05, 0) is 25.7 Å². The van der Waals surface area contributed by atoms with Crippen LogP contribution in [-0.4, -0.2) is 43.8 Å².